The molecule has 2 bridgehead atoms. The van der Waals surface area contributed by atoms with Crippen molar-refractivity contribution in [3.8, 4) is 0 Å². The van der Waals surface area contributed by atoms with E-state index in [-0.39, 0.29) is 35.8 Å². The van der Waals surface area contributed by atoms with E-state index in [1.165, 1.54) is 6.07 Å². The Labute approximate surface area is 138 Å². The largest absolute Gasteiger partial charge is 0.375 e. The molecule has 0 N–H and O–H groups in total. The lowest BCUT2D eigenvalue weighted by molar-refractivity contribution is -0.117. The minimum absolute atomic E-state index is 0.0267. The molecule has 2 heterocycles. The standard InChI is InChI=1S/C19H27FO3/c1-5-21-17-10-18(4)16(11-19(17,23-18)13(2)3)22-12-14-8-6-7-9-15(14)20/h6-9,13,16-17H,5,10-12H2,1-4H3/t16-,17-,18+,19-/m1/s1. The molecule has 0 unspecified atom stereocenters. The molecule has 0 aliphatic carbocycles. The summed E-state index contributed by atoms with van der Waals surface area (Å²) in [5, 5.41) is 0. The molecule has 4 heteroatoms. The highest BCUT2D eigenvalue weighted by molar-refractivity contribution is 5.18. The fourth-order valence-corrected chi connectivity index (χ4v) is 4.13. The Bertz CT molecular complexity index is 561. The molecule has 2 aliphatic rings. The maximum atomic E-state index is 13.8. The molecule has 4 atom stereocenters. The average molecular weight is 322 g/mol. The van der Waals surface area contributed by atoms with E-state index in [1.54, 1.807) is 12.1 Å². The van der Waals surface area contributed by atoms with Gasteiger partial charge >= 0.3 is 0 Å². The molecule has 23 heavy (non-hydrogen) atoms. The minimum atomic E-state index is -0.352. The van der Waals surface area contributed by atoms with Crippen LogP contribution in [0.4, 0.5) is 4.39 Å². The average Bonchev–Trinajstić information content (AvgIpc) is 2.96. The van der Waals surface area contributed by atoms with Gasteiger partial charge in [-0.2, -0.15) is 0 Å². The van der Waals surface area contributed by atoms with E-state index in [1.807, 2.05) is 13.0 Å². The van der Waals surface area contributed by atoms with E-state index in [4.69, 9.17) is 14.2 Å². The number of fused-ring (bicyclic) bond motifs is 2. The molecule has 0 radical (unpaired) electrons. The van der Waals surface area contributed by atoms with Crippen molar-refractivity contribution in [2.24, 2.45) is 5.92 Å². The van der Waals surface area contributed by atoms with Crippen LogP contribution in [0.5, 0.6) is 0 Å². The van der Waals surface area contributed by atoms with E-state index < -0.39 is 0 Å². The highest BCUT2D eigenvalue weighted by Gasteiger charge is 2.66. The molecular weight excluding hydrogens is 295 g/mol. The van der Waals surface area contributed by atoms with Crippen LogP contribution in [-0.2, 0) is 20.8 Å². The van der Waals surface area contributed by atoms with Gasteiger partial charge in [0.15, 0.2) is 0 Å². The predicted molar refractivity (Wildman–Crippen MR) is 86.7 cm³/mol. The Hall–Kier alpha value is -0.970. The maximum absolute atomic E-state index is 13.8. The first-order valence-electron chi connectivity index (χ1n) is 8.58. The molecule has 2 aliphatic heterocycles. The van der Waals surface area contributed by atoms with Crippen molar-refractivity contribution in [2.45, 2.75) is 70.6 Å². The molecule has 2 saturated heterocycles. The van der Waals surface area contributed by atoms with Gasteiger partial charge in [-0.3, -0.25) is 0 Å². The van der Waals surface area contributed by atoms with Crippen molar-refractivity contribution in [1.29, 1.82) is 0 Å². The van der Waals surface area contributed by atoms with Gasteiger partial charge in [-0.15, -0.1) is 0 Å². The summed E-state index contributed by atoms with van der Waals surface area (Å²) < 4.78 is 32.3. The molecule has 3 nitrogen and oxygen atoms in total. The summed E-state index contributed by atoms with van der Waals surface area (Å²) in [5.74, 6) is 0.135. The van der Waals surface area contributed by atoms with E-state index in [2.05, 4.69) is 20.8 Å². The second-order valence-corrected chi connectivity index (χ2v) is 7.27. The van der Waals surface area contributed by atoms with Crippen LogP contribution in [0, 0.1) is 11.7 Å². The van der Waals surface area contributed by atoms with Crippen molar-refractivity contribution in [3.05, 3.63) is 35.6 Å². The zero-order chi connectivity index (χ0) is 16.7. The Balaban J connectivity index is 1.73. The van der Waals surface area contributed by atoms with Crippen molar-refractivity contribution >= 4 is 0 Å². The van der Waals surface area contributed by atoms with Crippen molar-refractivity contribution in [1.82, 2.24) is 0 Å². The highest BCUT2D eigenvalue weighted by Crippen LogP contribution is 2.56. The highest BCUT2D eigenvalue weighted by atomic mass is 19.1. The first-order valence-corrected chi connectivity index (χ1v) is 8.58. The van der Waals surface area contributed by atoms with Crippen LogP contribution in [0.2, 0.25) is 0 Å². The van der Waals surface area contributed by atoms with Crippen molar-refractivity contribution < 1.29 is 18.6 Å². The fourth-order valence-electron chi connectivity index (χ4n) is 4.13. The van der Waals surface area contributed by atoms with E-state index in [9.17, 15) is 4.39 Å². The van der Waals surface area contributed by atoms with Crippen LogP contribution < -0.4 is 0 Å². The van der Waals surface area contributed by atoms with Gasteiger partial charge in [-0.1, -0.05) is 32.0 Å². The molecule has 2 fully saturated rings. The molecule has 128 valence electrons. The summed E-state index contributed by atoms with van der Waals surface area (Å²) in [6.45, 7) is 9.45. The summed E-state index contributed by atoms with van der Waals surface area (Å²) in [6, 6.07) is 6.77. The molecule has 3 rings (SSSR count). The van der Waals surface area contributed by atoms with Crippen LogP contribution in [-0.4, -0.2) is 30.0 Å². The Kier molecular flexibility index (Phi) is 4.51. The number of halogens is 1. The number of hydrogen-bond donors (Lipinski definition) is 0. The lowest BCUT2D eigenvalue weighted by Gasteiger charge is -2.38. The molecule has 1 aromatic rings. The minimum Gasteiger partial charge on any atom is -0.375 e. The van der Waals surface area contributed by atoms with Gasteiger partial charge in [0.1, 0.15) is 11.4 Å². The SMILES string of the molecule is CCO[C@@H]1C[C@]2(C)O[C@@]1(C(C)C)C[C@H]2OCc1ccccc1F. The van der Waals surface area contributed by atoms with Gasteiger partial charge in [0, 0.05) is 25.0 Å². The zero-order valence-corrected chi connectivity index (χ0v) is 14.5. The third-order valence-electron chi connectivity index (χ3n) is 5.49. The van der Waals surface area contributed by atoms with E-state index in [0.29, 0.717) is 18.1 Å². The van der Waals surface area contributed by atoms with Crippen LogP contribution in [0.1, 0.15) is 46.1 Å². The smallest absolute Gasteiger partial charge is 0.128 e. The molecular formula is C19H27FO3. The van der Waals surface area contributed by atoms with Crippen LogP contribution in [0.15, 0.2) is 24.3 Å². The molecule has 1 aromatic carbocycles. The first-order chi connectivity index (χ1) is 10.9. The number of ether oxygens (including phenoxy) is 3. The molecule has 0 amide bonds. The lowest BCUT2D eigenvalue weighted by Crippen LogP contribution is -2.48. The van der Waals surface area contributed by atoms with Gasteiger partial charge in [0.05, 0.1) is 24.4 Å². The van der Waals surface area contributed by atoms with Gasteiger partial charge in [0.25, 0.3) is 0 Å². The Morgan fingerprint density at radius 3 is 2.61 bits per heavy atom. The Morgan fingerprint density at radius 1 is 1.22 bits per heavy atom. The second-order valence-electron chi connectivity index (χ2n) is 7.27. The first kappa shape index (κ1) is 16.9. The summed E-state index contributed by atoms with van der Waals surface area (Å²) in [4.78, 5) is 0. The molecule has 0 saturated carbocycles. The van der Waals surface area contributed by atoms with Crippen LogP contribution >= 0.6 is 0 Å². The lowest BCUT2D eigenvalue weighted by atomic mass is 9.73. The number of rotatable bonds is 6. The summed E-state index contributed by atoms with van der Waals surface area (Å²) >= 11 is 0. The van der Waals surface area contributed by atoms with E-state index >= 15 is 0 Å². The normalized spacial score (nSPS) is 36.1. The zero-order valence-electron chi connectivity index (χ0n) is 14.5. The molecule has 0 aromatic heterocycles. The van der Waals surface area contributed by atoms with Gasteiger partial charge < -0.3 is 14.2 Å². The maximum Gasteiger partial charge on any atom is 0.128 e. The second kappa shape index (κ2) is 6.15. The van der Waals surface area contributed by atoms with Gasteiger partial charge in [-0.25, -0.2) is 4.39 Å². The molecule has 0 spiro atoms. The predicted octanol–water partition coefficient (Wildman–Crippen LogP) is 4.09. The fraction of sp³-hybridized carbons (Fsp3) is 0.684. The number of hydrogen-bond acceptors (Lipinski definition) is 3. The topological polar surface area (TPSA) is 27.7 Å². The summed E-state index contributed by atoms with van der Waals surface area (Å²) in [5.41, 5.74) is -0.0427. The van der Waals surface area contributed by atoms with Crippen molar-refractivity contribution in [3.63, 3.8) is 0 Å². The van der Waals surface area contributed by atoms with Crippen LogP contribution in [0.3, 0.4) is 0 Å². The summed E-state index contributed by atoms with van der Waals surface area (Å²) in [6.07, 6.45) is 1.73. The third-order valence-corrected chi connectivity index (χ3v) is 5.49. The third kappa shape index (κ3) is 2.81. The number of benzene rings is 1. The van der Waals surface area contributed by atoms with Crippen molar-refractivity contribution in [2.75, 3.05) is 6.61 Å². The van der Waals surface area contributed by atoms with Crippen LogP contribution in [0.25, 0.3) is 0 Å². The van der Waals surface area contributed by atoms with Gasteiger partial charge in [-0.05, 0) is 25.8 Å². The quantitative estimate of drug-likeness (QED) is 0.789. The Morgan fingerprint density at radius 2 is 1.96 bits per heavy atom. The monoisotopic (exact) mass is 322 g/mol. The van der Waals surface area contributed by atoms with Gasteiger partial charge in [0.2, 0.25) is 0 Å². The van der Waals surface area contributed by atoms with E-state index in [0.717, 1.165) is 12.8 Å². The summed E-state index contributed by atoms with van der Waals surface area (Å²) in [7, 11) is 0.